The molecular weight excluding hydrogens is 369 g/mol. The fraction of sp³-hybridized carbons (Fsp3) is 0.824. The molecule has 0 aromatic carbocycles. The molecule has 1 fully saturated rings. The number of carbonyl (C=O) groups excluding carboxylic acids is 3. The maximum absolute atomic E-state index is 12.2. The van der Waals surface area contributed by atoms with E-state index < -0.39 is 49.3 Å². The standard InChI is InChI=1S/C17H27F3N2O5/c1-11(2)6-8-26-12(3)16(25)27-9-14(23)22-7-4-5-13(22)15(24)21-10-17(18,19)20/h11-13H,4-10H2,1-3H3,(H,21,24). The highest BCUT2D eigenvalue weighted by Crippen LogP contribution is 2.19. The van der Waals surface area contributed by atoms with Crippen LogP contribution in [0.1, 0.15) is 40.0 Å². The van der Waals surface area contributed by atoms with Gasteiger partial charge in [0.25, 0.3) is 5.91 Å². The molecule has 0 saturated carbocycles. The van der Waals surface area contributed by atoms with Crippen LogP contribution in [0.3, 0.4) is 0 Å². The fourth-order valence-electron chi connectivity index (χ4n) is 2.52. The van der Waals surface area contributed by atoms with Gasteiger partial charge in [0.15, 0.2) is 12.7 Å². The van der Waals surface area contributed by atoms with Gasteiger partial charge in [0.2, 0.25) is 5.91 Å². The molecule has 2 amide bonds. The topological polar surface area (TPSA) is 84.9 Å². The van der Waals surface area contributed by atoms with Crippen molar-refractivity contribution in [3.05, 3.63) is 0 Å². The Hall–Kier alpha value is -1.84. The van der Waals surface area contributed by atoms with Gasteiger partial charge in [-0.15, -0.1) is 0 Å². The summed E-state index contributed by atoms with van der Waals surface area (Å²) in [6.45, 7) is 4.11. The number of ether oxygens (including phenoxy) is 2. The van der Waals surface area contributed by atoms with Crippen molar-refractivity contribution < 1.29 is 37.0 Å². The molecule has 1 N–H and O–H groups in total. The van der Waals surface area contributed by atoms with E-state index in [2.05, 4.69) is 0 Å². The number of rotatable bonds is 9. The van der Waals surface area contributed by atoms with E-state index in [-0.39, 0.29) is 13.0 Å². The van der Waals surface area contributed by atoms with Crippen molar-refractivity contribution in [2.24, 2.45) is 5.92 Å². The van der Waals surface area contributed by atoms with Crippen molar-refractivity contribution in [2.75, 3.05) is 26.3 Å². The molecule has 1 saturated heterocycles. The Bertz CT molecular complexity index is 525. The maximum atomic E-state index is 12.2. The Labute approximate surface area is 156 Å². The van der Waals surface area contributed by atoms with Crippen LogP contribution < -0.4 is 5.32 Å². The summed E-state index contributed by atoms with van der Waals surface area (Å²) in [5, 5.41) is 1.78. The normalized spacial score (nSPS) is 18.5. The fourth-order valence-corrected chi connectivity index (χ4v) is 2.52. The lowest BCUT2D eigenvalue weighted by atomic mass is 10.1. The van der Waals surface area contributed by atoms with Crippen molar-refractivity contribution in [2.45, 2.75) is 58.4 Å². The summed E-state index contributed by atoms with van der Waals surface area (Å²) in [5.41, 5.74) is 0. The zero-order valence-corrected chi connectivity index (χ0v) is 15.8. The van der Waals surface area contributed by atoms with E-state index in [1.807, 2.05) is 13.8 Å². The molecule has 1 heterocycles. The third-order valence-electron chi connectivity index (χ3n) is 4.07. The van der Waals surface area contributed by atoms with Gasteiger partial charge in [0, 0.05) is 13.2 Å². The molecular formula is C17H27F3N2O5. The van der Waals surface area contributed by atoms with Gasteiger partial charge >= 0.3 is 12.1 Å². The van der Waals surface area contributed by atoms with Crippen molar-refractivity contribution in [3.8, 4) is 0 Å². The zero-order valence-electron chi connectivity index (χ0n) is 15.8. The van der Waals surface area contributed by atoms with E-state index in [1.165, 1.54) is 6.92 Å². The molecule has 27 heavy (non-hydrogen) atoms. The van der Waals surface area contributed by atoms with Gasteiger partial charge in [-0.1, -0.05) is 13.8 Å². The van der Waals surface area contributed by atoms with Crippen molar-refractivity contribution >= 4 is 17.8 Å². The second kappa shape index (κ2) is 10.5. The highest BCUT2D eigenvalue weighted by atomic mass is 19.4. The summed E-state index contributed by atoms with van der Waals surface area (Å²) in [7, 11) is 0. The number of likely N-dealkylation sites (tertiary alicyclic amines) is 1. The first kappa shape index (κ1) is 23.2. The van der Waals surface area contributed by atoms with Crippen LogP contribution in [0.25, 0.3) is 0 Å². The summed E-state index contributed by atoms with van der Waals surface area (Å²) in [6, 6.07) is -0.988. The molecule has 1 aliphatic rings. The van der Waals surface area contributed by atoms with Crippen LogP contribution in [0.5, 0.6) is 0 Å². The third kappa shape index (κ3) is 8.59. The summed E-state index contributed by atoms with van der Waals surface area (Å²) >= 11 is 0. The van der Waals surface area contributed by atoms with Crippen LogP contribution in [0.4, 0.5) is 13.2 Å². The highest BCUT2D eigenvalue weighted by Gasteiger charge is 2.36. The Balaban J connectivity index is 2.43. The van der Waals surface area contributed by atoms with Gasteiger partial charge in [-0.2, -0.15) is 13.2 Å². The molecule has 0 aromatic rings. The molecule has 10 heteroatoms. The largest absolute Gasteiger partial charge is 0.454 e. The number of hydrogen-bond donors (Lipinski definition) is 1. The number of esters is 1. The Morgan fingerprint density at radius 3 is 2.48 bits per heavy atom. The summed E-state index contributed by atoms with van der Waals surface area (Å²) in [4.78, 5) is 37.1. The lowest BCUT2D eigenvalue weighted by Gasteiger charge is -2.24. The molecule has 0 aromatic heterocycles. The van der Waals surface area contributed by atoms with Crippen molar-refractivity contribution in [1.29, 1.82) is 0 Å². The summed E-state index contributed by atoms with van der Waals surface area (Å²) < 4.78 is 46.9. The lowest BCUT2D eigenvalue weighted by Crippen LogP contribution is -2.49. The Morgan fingerprint density at radius 1 is 1.22 bits per heavy atom. The van der Waals surface area contributed by atoms with Crippen LogP contribution in [-0.4, -0.2) is 67.3 Å². The van der Waals surface area contributed by atoms with E-state index >= 15 is 0 Å². The Kier molecular flexibility index (Phi) is 9.01. The molecule has 2 atom stereocenters. The highest BCUT2D eigenvalue weighted by molar-refractivity contribution is 5.89. The molecule has 0 aliphatic carbocycles. The van der Waals surface area contributed by atoms with E-state index in [0.29, 0.717) is 18.9 Å². The second-order valence-electron chi connectivity index (χ2n) is 6.88. The molecule has 2 unspecified atom stereocenters. The molecule has 156 valence electrons. The van der Waals surface area contributed by atoms with E-state index in [4.69, 9.17) is 9.47 Å². The number of nitrogens with one attached hydrogen (secondary N) is 1. The van der Waals surface area contributed by atoms with Crippen LogP contribution >= 0.6 is 0 Å². The van der Waals surface area contributed by atoms with Gasteiger partial charge in [0.1, 0.15) is 12.6 Å². The molecule has 1 aliphatic heterocycles. The van der Waals surface area contributed by atoms with E-state index in [0.717, 1.165) is 11.3 Å². The van der Waals surface area contributed by atoms with Gasteiger partial charge in [-0.25, -0.2) is 4.79 Å². The molecule has 0 bridgehead atoms. The minimum atomic E-state index is -4.52. The number of hydrogen-bond acceptors (Lipinski definition) is 5. The third-order valence-corrected chi connectivity index (χ3v) is 4.07. The van der Waals surface area contributed by atoms with E-state index in [9.17, 15) is 27.6 Å². The lowest BCUT2D eigenvalue weighted by molar-refractivity contribution is -0.162. The van der Waals surface area contributed by atoms with E-state index in [1.54, 1.807) is 5.32 Å². The number of amides is 2. The number of halogens is 3. The first-order valence-electron chi connectivity index (χ1n) is 8.93. The predicted molar refractivity (Wildman–Crippen MR) is 89.6 cm³/mol. The van der Waals surface area contributed by atoms with Crippen molar-refractivity contribution in [1.82, 2.24) is 10.2 Å². The monoisotopic (exact) mass is 396 g/mol. The molecule has 0 radical (unpaired) electrons. The maximum Gasteiger partial charge on any atom is 0.405 e. The quantitative estimate of drug-likeness (QED) is 0.599. The minimum Gasteiger partial charge on any atom is -0.454 e. The average molecular weight is 396 g/mol. The predicted octanol–water partition coefficient (Wildman–Crippen LogP) is 1.65. The number of nitrogens with zero attached hydrogens (tertiary/aromatic N) is 1. The molecule has 1 rings (SSSR count). The number of carbonyl (C=O) groups is 3. The second-order valence-corrected chi connectivity index (χ2v) is 6.88. The van der Waals surface area contributed by atoms with Crippen molar-refractivity contribution in [3.63, 3.8) is 0 Å². The van der Waals surface area contributed by atoms with Gasteiger partial charge < -0.3 is 19.7 Å². The summed E-state index contributed by atoms with van der Waals surface area (Å²) in [5.74, 6) is -1.77. The van der Waals surface area contributed by atoms with Crippen LogP contribution in [0, 0.1) is 5.92 Å². The summed E-state index contributed by atoms with van der Waals surface area (Å²) in [6.07, 6.45) is -3.83. The van der Waals surface area contributed by atoms with Crippen LogP contribution in [0.2, 0.25) is 0 Å². The minimum absolute atomic E-state index is 0.223. The first-order chi connectivity index (χ1) is 12.5. The van der Waals surface area contributed by atoms with Gasteiger partial charge in [0.05, 0.1) is 0 Å². The smallest absolute Gasteiger partial charge is 0.405 e. The van der Waals surface area contributed by atoms with Crippen LogP contribution in [0.15, 0.2) is 0 Å². The van der Waals surface area contributed by atoms with Gasteiger partial charge in [-0.3, -0.25) is 9.59 Å². The van der Waals surface area contributed by atoms with Crippen LogP contribution in [-0.2, 0) is 23.9 Å². The first-order valence-corrected chi connectivity index (χ1v) is 8.93. The SMILES string of the molecule is CC(C)CCOC(C)C(=O)OCC(=O)N1CCCC1C(=O)NCC(F)(F)F. The van der Waals surface area contributed by atoms with Gasteiger partial charge in [-0.05, 0) is 32.1 Å². The molecule has 0 spiro atoms. The molecule has 7 nitrogen and oxygen atoms in total. The number of alkyl halides is 3. The average Bonchev–Trinajstić information content (AvgIpc) is 3.05. The Morgan fingerprint density at radius 2 is 1.89 bits per heavy atom. The zero-order chi connectivity index (χ0) is 20.6.